The first-order valence-corrected chi connectivity index (χ1v) is 6.06. The van der Waals surface area contributed by atoms with Crippen molar-refractivity contribution in [2.24, 2.45) is 0 Å². The zero-order valence-electron chi connectivity index (χ0n) is 10.3. The highest BCUT2D eigenvalue weighted by Crippen LogP contribution is 2.19. The Morgan fingerprint density at radius 3 is 3.17 bits per heavy atom. The second-order valence-corrected chi connectivity index (χ2v) is 4.37. The summed E-state index contributed by atoms with van der Waals surface area (Å²) in [4.78, 5) is 8.39. The van der Waals surface area contributed by atoms with Gasteiger partial charge in [-0.3, -0.25) is 0 Å². The Kier molecular flexibility index (Phi) is 3.12. The van der Waals surface area contributed by atoms with Crippen molar-refractivity contribution in [1.29, 1.82) is 0 Å². The van der Waals surface area contributed by atoms with E-state index in [-0.39, 0.29) is 6.10 Å². The van der Waals surface area contributed by atoms with Gasteiger partial charge in [0, 0.05) is 13.1 Å². The lowest BCUT2D eigenvalue weighted by molar-refractivity contribution is 0.0229. The summed E-state index contributed by atoms with van der Waals surface area (Å²) in [6.07, 6.45) is 5.41. The van der Waals surface area contributed by atoms with E-state index in [0.29, 0.717) is 12.4 Å². The highest BCUT2D eigenvalue weighted by atomic mass is 16.5. The van der Waals surface area contributed by atoms with Crippen LogP contribution in [0.2, 0.25) is 0 Å². The summed E-state index contributed by atoms with van der Waals surface area (Å²) < 4.78 is 13.2. The predicted octanol–water partition coefficient (Wildman–Crippen LogP) is 0.889. The Balaban J connectivity index is 1.78. The zero-order valence-corrected chi connectivity index (χ0v) is 10.3. The lowest BCUT2D eigenvalue weighted by Gasteiger charge is -2.24. The number of rotatable bonds is 3. The number of imidazole rings is 1. The molecular weight excluding hydrogens is 232 g/mol. The molecule has 1 aliphatic heterocycles. The van der Waals surface area contributed by atoms with Crippen molar-refractivity contribution >= 4 is 0 Å². The molecule has 2 aromatic heterocycles. The lowest BCUT2D eigenvalue weighted by Crippen LogP contribution is -2.34. The van der Waals surface area contributed by atoms with Gasteiger partial charge in [-0.2, -0.15) is 0 Å². The summed E-state index contributed by atoms with van der Waals surface area (Å²) in [6.45, 7) is 4.93. The third-order valence-corrected chi connectivity index (χ3v) is 2.98. The van der Waals surface area contributed by atoms with Gasteiger partial charge in [0.15, 0.2) is 0 Å². The van der Waals surface area contributed by atoms with Crippen molar-refractivity contribution in [2.45, 2.75) is 19.6 Å². The van der Waals surface area contributed by atoms with Crippen molar-refractivity contribution in [1.82, 2.24) is 19.9 Å². The van der Waals surface area contributed by atoms with Gasteiger partial charge in [-0.1, -0.05) is 0 Å². The van der Waals surface area contributed by atoms with E-state index in [9.17, 15) is 0 Å². The number of hydrogen-bond acceptors (Lipinski definition) is 5. The van der Waals surface area contributed by atoms with E-state index in [1.807, 2.05) is 17.7 Å². The molecule has 1 N–H and O–H groups in total. The number of ether oxygens (including phenoxy) is 1. The molecule has 6 nitrogen and oxygen atoms in total. The number of nitrogens with one attached hydrogen (secondary N) is 1. The molecule has 0 aliphatic carbocycles. The van der Waals surface area contributed by atoms with Gasteiger partial charge in [0.2, 0.25) is 5.89 Å². The fourth-order valence-corrected chi connectivity index (χ4v) is 2.11. The molecule has 0 aromatic carbocycles. The summed E-state index contributed by atoms with van der Waals surface area (Å²) in [5, 5.41) is 3.31. The third-order valence-electron chi connectivity index (χ3n) is 2.98. The first-order chi connectivity index (χ1) is 8.83. The molecule has 0 amide bonds. The van der Waals surface area contributed by atoms with Crippen molar-refractivity contribution in [3.8, 4) is 0 Å². The topological polar surface area (TPSA) is 65.1 Å². The SMILES string of the molecule is Cc1cnc(Cn2cncc2C2CNCCO2)o1. The molecule has 0 saturated carbocycles. The van der Waals surface area contributed by atoms with E-state index < -0.39 is 0 Å². The monoisotopic (exact) mass is 248 g/mol. The van der Waals surface area contributed by atoms with Gasteiger partial charge in [-0.05, 0) is 6.92 Å². The molecule has 0 radical (unpaired) electrons. The maximum absolute atomic E-state index is 5.73. The maximum Gasteiger partial charge on any atom is 0.214 e. The fraction of sp³-hybridized carbons (Fsp3) is 0.500. The van der Waals surface area contributed by atoms with Gasteiger partial charge in [-0.15, -0.1) is 0 Å². The minimum absolute atomic E-state index is 0.0531. The Hall–Kier alpha value is -1.66. The smallest absolute Gasteiger partial charge is 0.214 e. The van der Waals surface area contributed by atoms with E-state index in [2.05, 4.69) is 15.3 Å². The Morgan fingerprint density at radius 2 is 2.44 bits per heavy atom. The van der Waals surface area contributed by atoms with Gasteiger partial charge in [-0.25, -0.2) is 9.97 Å². The maximum atomic E-state index is 5.73. The minimum atomic E-state index is 0.0531. The van der Waals surface area contributed by atoms with Crippen LogP contribution in [0.5, 0.6) is 0 Å². The number of aromatic nitrogens is 3. The molecule has 1 saturated heterocycles. The third kappa shape index (κ3) is 2.30. The molecule has 6 heteroatoms. The van der Waals surface area contributed by atoms with Gasteiger partial charge in [0.25, 0.3) is 0 Å². The van der Waals surface area contributed by atoms with Crippen LogP contribution in [0.15, 0.2) is 23.1 Å². The quantitative estimate of drug-likeness (QED) is 0.873. The van der Waals surface area contributed by atoms with Crippen molar-refractivity contribution in [2.75, 3.05) is 19.7 Å². The Labute approximate surface area is 105 Å². The molecule has 1 aliphatic rings. The average Bonchev–Trinajstić information content (AvgIpc) is 3.00. The number of morpholine rings is 1. The standard InChI is InChI=1S/C12H16N4O2/c1-9-4-15-12(18-9)7-16-8-14-5-10(16)11-6-13-2-3-17-11/h4-5,8,11,13H,2-3,6-7H2,1H3. The van der Waals surface area contributed by atoms with E-state index in [0.717, 1.165) is 31.2 Å². The normalized spacial score (nSPS) is 20.2. The Morgan fingerprint density at radius 1 is 1.50 bits per heavy atom. The minimum Gasteiger partial charge on any atom is -0.444 e. The molecule has 2 aromatic rings. The Bertz CT molecular complexity index is 514. The van der Waals surface area contributed by atoms with Crippen molar-refractivity contribution in [3.05, 3.63) is 36.1 Å². The van der Waals surface area contributed by atoms with Crippen LogP contribution in [0.3, 0.4) is 0 Å². The molecule has 1 fully saturated rings. The summed E-state index contributed by atoms with van der Waals surface area (Å²) >= 11 is 0. The number of nitrogens with zero attached hydrogens (tertiary/aromatic N) is 3. The number of aryl methyl sites for hydroxylation is 1. The zero-order chi connectivity index (χ0) is 12.4. The molecule has 3 heterocycles. The molecule has 96 valence electrons. The van der Waals surface area contributed by atoms with Crippen LogP contribution in [0.4, 0.5) is 0 Å². The van der Waals surface area contributed by atoms with E-state index in [4.69, 9.17) is 9.15 Å². The molecule has 0 bridgehead atoms. The first kappa shape index (κ1) is 11.4. The van der Waals surface area contributed by atoms with Crippen LogP contribution in [-0.4, -0.2) is 34.2 Å². The molecule has 1 atom stereocenters. The second-order valence-electron chi connectivity index (χ2n) is 4.37. The van der Waals surface area contributed by atoms with Gasteiger partial charge < -0.3 is 19.0 Å². The lowest BCUT2D eigenvalue weighted by atomic mass is 10.2. The summed E-state index contributed by atoms with van der Waals surface area (Å²) in [5.74, 6) is 1.51. The fourth-order valence-electron chi connectivity index (χ4n) is 2.11. The first-order valence-electron chi connectivity index (χ1n) is 6.06. The van der Waals surface area contributed by atoms with E-state index in [1.54, 1.807) is 12.5 Å². The van der Waals surface area contributed by atoms with Crippen LogP contribution >= 0.6 is 0 Å². The summed E-state index contributed by atoms with van der Waals surface area (Å²) in [6, 6.07) is 0. The van der Waals surface area contributed by atoms with Crippen LogP contribution in [0.25, 0.3) is 0 Å². The number of hydrogen-bond donors (Lipinski definition) is 1. The summed E-state index contributed by atoms with van der Waals surface area (Å²) in [7, 11) is 0. The van der Waals surface area contributed by atoms with Crippen LogP contribution in [0, 0.1) is 6.92 Å². The van der Waals surface area contributed by atoms with Crippen molar-refractivity contribution < 1.29 is 9.15 Å². The largest absolute Gasteiger partial charge is 0.444 e. The second kappa shape index (κ2) is 4.91. The molecule has 3 rings (SSSR count). The highest BCUT2D eigenvalue weighted by molar-refractivity contribution is 5.06. The van der Waals surface area contributed by atoms with Crippen LogP contribution < -0.4 is 5.32 Å². The molecule has 18 heavy (non-hydrogen) atoms. The number of oxazole rings is 1. The predicted molar refractivity (Wildman–Crippen MR) is 64.1 cm³/mol. The van der Waals surface area contributed by atoms with E-state index in [1.165, 1.54) is 0 Å². The van der Waals surface area contributed by atoms with Gasteiger partial charge in [0.1, 0.15) is 18.4 Å². The van der Waals surface area contributed by atoms with E-state index >= 15 is 0 Å². The van der Waals surface area contributed by atoms with Crippen LogP contribution in [0.1, 0.15) is 23.4 Å². The molecule has 1 unspecified atom stereocenters. The highest BCUT2D eigenvalue weighted by Gasteiger charge is 2.20. The average molecular weight is 248 g/mol. The molecule has 0 spiro atoms. The summed E-state index contributed by atoms with van der Waals surface area (Å²) in [5.41, 5.74) is 1.05. The van der Waals surface area contributed by atoms with Crippen molar-refractivity contribution in [3.63, 3.8) is 0 Å². The van der Waals surface area contributed by atoms with Gasteiger partial charge in [0.05, 0.1) is 31.0 Å². The van der Waals surface area contributed by atoms with Crippen LogP contribution in [-0.2, 0) is 11.3 Å². The van der Waals surface area contributed by atoms with Gasteiger partial charge >= 0.3 is 0 Å². The molecular formula is C12H16N4O2.